The predicted octanol–water partition coefficient (Wildman–Crippen LogP) is 2.73. The maximum Gasteiger partial charge on any atom is 0.123 e. The van der Waals surface area contributed by atoms with Crippen LogP contribution in [-0.4, -0.2) is 6.04 Å². The van der Waals surface area contributed by atoms with E-state index in [9.17, 15) is 4.39 Å². The van der Waals surface area contributed by atoms with Crippen molar-refractivity contribution in [3.8, 4) is 6.07 Å². The Morgan fingerprint density at radius 3 is 2.81 bits per heavy atom. The molecule has 1 aromatic carbocycles. The van der Waals surface area contributed by atoms with E-state index in [-0.39, 0.29) is 5.82 Å². The SMILES string of the molecule is N#Cc1ccc(F)cc1CNC1CCCC1. The molecule has 1 N–H and O–H groups in total. The number of benzene rings is 1. The fraction of sp³-hybridized carbons (Fsp3) is 0.462. The molecular formula is C13H15FN2. The van der Waals surface area contributed by atoms with Gasteiger partial charge in [-0.2, -0.15) is 5.26 Å². The molecular weight excluding hydrogens is 203 g/mol. The minimum absolute atomic E-state index is 0.276. The molecule has 16 heavy (non-hydrogen) atoms. The normalized spacial score (nSPS) is 16.2. The summed E-state index contributed by atoms with van der Waals surface area (Å²) in [6.07, 6.45) is 4.92. The third-order valence-corrected chi connectivity index (χ3v) is 3.12. The maximum absolute atomic E-state index is 13.0. The van der Waals surface area contributed by atoms with Crippen LogP contribution in [0.3, 0.4) is 0 Å². The highest BCUT2D eigenvalue weighted by atomic mass is 19.1. The van der Waals surface area contributed by atoms with Crippen LogP contribution >= 0.6 is 0 Å². The Bertz CT molecular complexity index is 403. The van der Waals surface area contributed by atoms with E-state index in [1.165, 1.54) is 37.8 Å². The van der Waals surface area contributed by atoms with Gasteiger partial charge < -0.3 is 5.32 Å². The molecule has 0 heterocycles. The van der Waals surface area contributed by atoms with Gasteiger partial charge in [-0.05, 0) is 36.6 Å². The summed E-state index contributed by atoms with van der Waals surface area (Å²) in [5.41, 5.74) is 1.32. The molecule has 0 amide bonds. The summed E-state index contributed by atoms with van der Waals surface area (Å²) in [5.74, 6) is -0.276. The lowest BCUT2D eigenvalue weighted by molar-refractivity contribution is 0.522. The first-order chi connectivity index (χ1) is 7.79. The molecule has 1 fully saturated rings. The van der Waals surface area contributed by atoms with E-state index >= 15 is 0 Å². The van der Waals surface area contributed by atoms with E-state index in [0.717, 1.165) is 5.56 Å². The number of hydrogen-bond donors (Lipinski definition) is 1. The smallest absolute Gasteiger partial charge is 0.123 e. The monoisotopic (exact) mass is 218 g/mol. The zero-order chi connectivity index (χ0) is 11.4. The van der Waals surface area contributed by atoms with E-state index < -0.39 is 0 Å². The van der Waals surface area contributed by atoms with Gasteiger partial charge in [0.2, 0.25) is 0 Å². The lowest BCUT2D eigenvalue weighted by Crippen LogP contribution is -2.25. The van der Waals surface area contributed by atoms with Crippen molar-refractivity contribution in [3.05, 3.63) is 35.1 Å². The van der Waals surface area contributed by atoms with Crippen LogP contribution in [-0.2, 0) is 6.54 Å². The molecule has 0 spiro atoms. The van der Waals surface area contributed by atoms with Crippen LogP contribution in [0.5, 0.6) is 0 Å². The molecule has 1 aliphatic carbocycles. The highest BCUT2D eigenvalue weighted by Crippen LogP contribution is 2.18. The largest absolute Gasteiger partial charge is 0.310 e. The van der Waals surface area contributed by atoms with Crippen molar-refractivity contribution < 1.29 is 4.39 Å². The van der Waals surface area contributed by atoms with Crippen molar-refractivity contribution >= 4 is 0 Å². The van der Waals surface area contributed by atoms with Gasteiger partial charge in [-0.1, -0.05) is 12.8 Å². The van der Waals surface area contributed by atoms with Gasteiger partial charge in [0.1, 0.15) is 5.82 Å². The second-order valence-electron chi connectivity index (χ2n) is 4.28. The summed E-state index contributed by atoms with van der Waals surface area (Å²) in [4.78, 5) is 0. The molecule has 1 aromatic rings. The quantitative estimate of drug-likeness (QED) is 0.846. The third kappa shape index (κ3) is 2.59. The molecule has 0 saturated heterocycles. The number of nitrogens with one attached hydrogen (secondary N) is 1. The first kappa shape index (κ1) is 11.1. The molecule has 84 valence electrons. The van der Waals surface area contributed by atoms with E-state index in [4.69, 9.17) is 5.26 Å². The number of nitriles is 1. The summed E-state index contributed by atoms with van der Waals surface area (Å²) < 4.78 is 13.0. The number of hydrogen-bond acceptors (Lipinski definition) is 2. The van der Waals surface area contributed by atoms with Crippen molar-refractivity contribution in [2.75, 3.05) is 0 Å². The van der Waals surface area contributed by atoms with E-state index in [1.807, 2.05) is 0 Å². The summed E-state index contributed by atoms with van der Waals surface area (Å²) in [6, 6.07) is 6.95. The molecule has 0 aliphatic heterocycles. The molecule has 0 unspecified atom stereocenters. The van der Waals surface area contributed by atoms with Crippen LogP contribution in [0.2, 0.25) is 0 Å². The standard InChI is InChI=1S/C13H15FN2/c14-12-6-5-10(8-15)11(7-12)9-16-13-3-1-2-4-13/h5-7,13,16H,1-4,9H2. The molecule has 2 rings (SSSR count). The van der Waals surface area contributed by atoms with Gasteiger partial charge in [-0.3, -0.25) is 0 Å². The van der Waals surface area contributed by atoms with Crippen molar-refractivity contribution in [2.45, 2.75) is 38.3 Å². The Kier molecular flexibility index (Phi) is 3.53. The zero-order valence-electron chi connectivity index (χ0n) is 9.17. The number of nitrogens with zero attached hydrogens (tertiary/aromatic N) is 1. The Balaban J connectivity index is 2.02. The minimum atomic E-state index is -0.276. The van der Waals surface area contributed by atoms with Crippen molar-refractivity contribution in [1.82, 2.24) is 5.32 Å². The number of halogens is 1. The van der Waals surface area contributed by atoms with Crippen molar-refractivity contribution in [2.24, 2.45) is 0 Å². The van der Waals surface area contributed by atoms with Crippen LogP contribution < -0.4 is 5.32 Å². The lowest BCUT2D eigenvalue weighted by atomic mass is 10.1. The van der Waals surface area contributed by atoms with E-state index in [0.29, 0.717) is 18.2 Å². The Hall–Kier alpha value is -1.40. The molecule has 1 aliphatic rings. The predicted molar refractivity (Wildman–Crippen MR) is 60.2 cm³/mol. The van der Waals surface area contributed by atoms with E-state index in [1.54, 1.807) is 6.07 Å². The molecule has 0 aromatic heterocycles. The minimum Gasteiger partial charge on any atom is -0.310 e. The Morgan fingerprint density at radius 1 is 1.38 bits per heavy atom. The van der Waals surface area contributed by atoms with Crippen molar-refractivity contribution in [1.29, 1.82) is 5.26 Å². The summed E-state index contributed by atoms with van der Waals surface area (Å²) in [6.45, 7) is 0.589. The highest BCUT2D eigenvalue weighted by Gasteiger charge is 2.14. The van der Waals surface area contributed by atoms with Crippen molar-refractivity contribution in [3.63, 3.8) is 0 Å². The van der Waals surface area contributed by atoms with Crippen LogP contribution in [0.4, 0.5) is 4.39 Å². The second kappa shape index (κ2) is 5.09. The molecule has 0 bridgehead atoms. The third-order valence-electron chi connectivity index (χ3n) is 3.12. The van der Waals surface area contributed by atoms with Crippen LogP contribution in [0.25, 0.3) is 0 Å². The van der Waals surface area contributed by atoms with Gasteiger partial charge in [0.15, 0.2) is 0 Å². The fourth-order valence-corrected chi connectivity index (χ4v) is 2.20. The number of rotatable bonds is 3. The first-order valence-corrected chi connectivity index (χ1v) is 5.71. The zero-order valence-corrected chi connectivity index (χ0v) is 9.17. The molecule has 1 saturated carbocycles. The lowest BCUT2D eigenvalue weighted by Gasteiger charge is -2.12. The maximum atomic E-state index is 13.0. The van der Waals surface area contributed by atoms with Crippen LogP contribution in [0.1, 0.15) is 36.8 Å². The fourth-order valence-electron chi connectivity index (χ4n) is 2.20. The highest BCUT2D eigenvalue weighted by molar-refractivity contribution is 5.37. The summed E-state index contributed by atoms with van der Waals surface area (Å²) in [5, 5.41) is 12.3. The summed E-state index contributed by atoms with van der Waals surface area (Å²) >= 11 is 0. The summed E-state index contributed by atoms with van der Waals surface area (Å²) in [7, 11) is 0. The van der Waals surface area contributed by atoms with Gasteiger partial charge in [-0.15, -0.1) is 0 Å². The van der Waals surface area contributed by atoms with Gasteiger partial charge in [0.25, 0.3) is 0 Å². The average Bonchev–Trinajstić information content (AvgIpc) is 2.79. The van der Waals surface area contributed by atoms with Gasteiger partial charge >= 0.3 is 0 Å². The Morgan fingerprint density at radius 2 is 2.12 bits per heavy atom. The average molecular weight is 218 g/mol. The van der Waals surface area contributed by atoms with Gasteiger partial charge in [-0.25, -0.2) is 4.39 Å². The topological polar surface area (TPSA) is 35.8 Å². The van der Waals surface area contributed by atoms with Crippen LogP contribution in [0.15, 0.2) is 18.2 Å². The first-order valence-electron chi connectivity index (χ1n) is 5.71. The molecule has 2 nitrogen and oxygen atoms in total. The molecule has 3 heteroatoms. The van der Waals surface area contributed by atoms with Gasteiger partial charge in [0, 0.05) is 12.6 Å². The van der Waals surface area contributed by atoms with E-state index in [2.05, 4.69) is 11.4 Å². The second-order valence-corrected chi connectivity index (χ2v) is 4.28. The van der Waals surface area contributed by atoms with Crippen LogP contribution in [0, 0.1) is 17.1 Å². The van der Waals surface area contributed by atoms with Gasteiger partial charge in [0.05, 0.1) is 11.6 Å². The Labute approximate surface area is 95.1 Å². The molecule has 0 radical (unpaired) electrons. The molecule has 0 atom stereocenters.